The lowest BCUT2D eigenvalue weighted by atomic mass is 10.1. The fourth-order valence-electron chi connectivity index (χ4n) is 1.27. The van der Waals surface area contributed by atoms with Crippen LogP contribution >= 0.6 is 0 Å². The van der Waals surface area contributed by atoms with E-state index in [0.29, 0.717) is 12.3 Å². The van der Waals surface area contributed by atoms with E-state index < -0.39 is 6.10 Å². The summed E-state index contributed by atoms with van der Waals surface area (Å²) in [6, 6.07) is 7.12. The van der Waals surface area contributed by atoms with E-state index in [9.17, 15) is 9.90 Å². The van der Waals surface area contributed by atoms with Gasteiger partial charge in [-0.25, -0.2) is 0 Å². The van der Waals surface area contributed by atoms with E-state index in [4.69, 9.17) is 4.74 Å². The fourth-order valence-corrected chi connectivity index (χ4v) is 1.27. The van der Waals surface area contributed by atoms with Crippen LogP contribution < -0.4 is 5.32 Å². The SMILES string of the molecule is CCOCC(=O)Nc1cccc(C(C)O)c1. The van der Waals surface area contributed by atoms with Crippen molar-refractivity contribution in [2.24, 2.45) is 0 Å². The molecule has 0 aromatic heterocycles. The van der Waals surface area contributed by atoms with E-state index in [0.717, 1.165) is 5.56 Å². The van der Waals surface area contributed by atoms with Gasteiger partial charge in [0, 0.05) is 12.3 Å². The number of rotatable bonds is 5. The normalized spacial score (nSPS) is 12.2. The Bertz CT molecular complexity index is 350. The van der Waals surface area contributed by atoms with E-state index in [2.05, 4.69) is 5.32 Å². The van der Waals surface area contributed by atoms with Crippen molar-refractivity contribution >= 4 is 11.6 Å². The third kappa shape index (κ3) is 4.00. The highest BCUT2D eigenvalue weighted by Gasteiger charge is 2.04. The summed E-state index contributed by atoms with van der Waals surface area (Å²) >= 11 is 0. The molecule has 1 aromatic carbocycles. The third-order valence-electron chi connectivity index (χ3n) is 2.09. The lowest BCUT2D eigenvalue weighted by Crippen LogP contribution is -2.18. The zero-order chi connectivity index (χ0) is 12.0. The highest BCUT2D eigenvalue weighted by Crippen LogP contribution is 2.16. The number of hydrogen-bond donors (Lipinski definition) is 2. The third-order valence-corrected chi connectivity index (χ3v) is 2.09. The van der Waals surface area contributed by atoms with Crippen LogP contribution in [0.25, 0.3) is 0 Å². The largest absolute Gasteiger partial charge is 0.389 e. The molecule has 0 aliphatic rings. The molecule has 0 aliphatic heterocycles. The molecule has 0 fully saturated rings. The zero-order valence-electron chi connectivity index (χ0n) is 9.56. The Morgan fingerprint density at radius 3 is 2.94 bits per heavy atom. The molecule has 4 nitrogen and oxygen atoms in total. The topological polar surface area (TPSA) is 58.6 Å². The molecule has 4 heteroatoms. The van der Waals surface area contributed by atoms with E-state index in [-0.39, 0.29) is 12.5 Å². The van der Waals surface area contributed by atoms with Gasteiger partial charge in [-0.1, -0.05) is 12.1 Å². The first kappa shape index (κ1) is 12.7. The molecule has 2 N–H and O–H groups in total. The van der Waals surface area contributed by atoms with Gasteiger partial charge in [-0.05, 0) is 31.5 Å². The standard InChI is InChI=1S/C12H17NO3/c1-3-16-8-12(15)13-11-6-4-5-10(7-11)9(2)14/h4-7,9,14H,3,8H2,1-2H3,(H,13,15). The number of aliphatic hydroxyl groups excluding tert-OH is 1. The Morgan fingerprint density at radius 1 is 1.56 bits per heavy atom. The van der Waals surface area contributed by atoms with Crippen molar-refractivity contribution in [3.05, 3.63) is 29.8 Å². The molecule has 0 aliphatic carbocycles. The first-order valence-electron chi connectivity index (χ1n) is 5.29. The lowest BCUT2D eigenvalue weighted by Gasteiger charge is -2.08. The second-order valence-corrected chi connectivity index (χ2v) is 3.49. The van der Waals surface area contributed by atoms with Crippen LogP contribution in [0.2, 0.25) is 0 Å². The number of nitrogens with one attached hydrogen (secondary N) is 1. The molecule has 0 saturated carbocycles. The van der Waals surface area contributed by atoms with Gasteiger partial charge in [0.2, 0.25) is 5.91 Å². The number of ether oxygens (including phenoxy) is 1. The van der Waals surface area contributed by atoms with Crippen LogP contribution in [0.15, 0.2) is 24.3 Å². The summed E-state index contributed by atoms with van der Waals surface area (Å²) in [5, 5.41) is 12.1. The second-order valence-electron chi connectivity index (χ2n) is 3.49. The Balaban J connectivity index is 2.59. The van der Waals surface area contributed by atoms with Gasteiger partial charge in [0.15, 0.2) is 0 Å². The molecule has 16 heavy (non-hydrogen) atoms. The molecule has 1 unspecified atom stereocenters. The average Bonchev–Trinajstić information content (AvgIpc) is 2.26. The van der Waals surface area contributed by atoms with Gasteiger partial charge in [0.1, 0.15) is 6.61 Å². The molecule has 1 aromatic rings. The van der Waals surface area contributed by atoms with E-state index in [1.807, 2.05) is 13.0 Å². The first-order valence-corrected chi connectivity index (χ1v) is 5.29. The number of carbonyl (C=O) groups excluding carboxylic acids is 1. The summed E-state index contributed by atoms with van der Waals surface area (Å²) in [5.74, 6) is -0.190. The molecule has 1 atom stereocenters. The Labute approximate surface area is 95.2 Å². The maximum Gasteiger partial charge on any atom is 0.250 e. The van der Waals surface area contributed by atoms with Crippen LogP contribution in [-0.2, 0) is 9.53 Å². The Hall–Kier alpha value is -1.39. The molecule has 1 rings (SSSR count). The van der Waals surface area contributed by atoms with Crippen molar-refractivity contribution in [2.45, 2.75) is 20.0 Å². The van der Waals surface area contributed by atoms with Crippen LogP contribution in [0.3, 0.4) is 0 Å². The predicted octanol–water partition coefficient (Wildman–Crippen LogP) is 1.71. The summed E-state index contributed by atoms with van der Waals surface area (Å²) in [6.07, 6.45) is -0.538. The number of aliphatic hydroxyl groups is 1. The molecule has 0 saturated heterocycles. The molecule has 0 heterocycles. The Morgan fingerprint density at radius 2 is 2.31 bits per heavy atom. The van der Waals surface area contributed by atoms with Gasteiger partial charge < -0.3 is 15.2 Å². The van der Waals surface area contributed by atoms with Crippen LogP contribution in [0.5, 0.6) is 0 Å². The molecule has 1 amide bonds. The van der Waals surface area contributed by atoms with Crippen molar-refractivity contribution in [3.8, 4) is 0 Å². The van der Waals surface area contributed by atoms with Gasteiger partial charge in [0.25, 0.3) is 0 Å². The van der Waals surface area contributed by atoms with Crippen LogP contribution in [-0.4, -0.2) is 24.2 Å². The number of amides is 1. The van der Waals surface area contributed by atoms with Gasteiger partial charge >= 0.3 is 0 Å². The van der Waals surface area contributed by atoms with E-state index in [1.54, 1.807) is 25.1 Å². The highest BCUT2D eigenvalue weighted by molar-refractivity contribution is 5.91. The van der Waals surface area contributed by atoms with Crippen LogP contribution in [0.4, 0.5) is 5.69 Å². The van der Waals surface area contributed by atoms with Crippen molar-refractivity contribution in [1.29, 1.82) is 0 Å². The smallest absolute Gasteiger partial charge is 0.250 e. The molecule has 88 valence electrons. The molecule has 0 spiro atoms. The van der Waals surface area contributed by atoms with Gasteiger partial charge in [-0.3, -0.25) is 4.79 Å². The first-order chi connectivity index (χ1) is 7.63. The van der Waals surface area contributed by atoms with Crippen molar-refractivity contribution < 1.29 is 14.6 Å². The summed E-state index contributed by atoms with van der Waals surface area (Å²) < 4.78 is 4.98. The number of anilines is 1. The maximum absolute atomic E-state index is 11.4. The van der Waals surface area contributed by atoms with Gasteiger partial charge in [-0.15, -0.1) is 0 Å². The van der Waals surface area contributed by atoms with E-state index in [1.165, 1.54) is 0 Å². The molecule has 0 bridgehead atoms. The Kier molecular flexibility index (Phi) is 4.95. The lowest BCUT2D eigenvalue weighted by molar-refractivity contribution is -0.120. The van der Waals surface area contributed by atoms with Crippen molar-refractivity contribution in [2.75, 3.05) is 18.5 Å². The monoisotopic (exact) mass is 223 g/mol. The van der Waals surface area contributed by atoms with Crippen molar-refractivity contribution in [1.82, 2.24) is 0 Å². The quantitative estimate of drug-likeness (QED) is 0.799. The minimum atomic E-state index is -0.538. The summed E-state index contributed by atoms with van der Waals surface area (Å²) in [6.45, 7) is 4.08. The average molecular weight is 223 g/mol. The van der Waals surface area contributed by atoms with Gasteiger partial charge in [-0.2, -0.15) is 0 Å². The fraction of sp³-hybridized carbons (Fsp3) is 0.417. The van der Waals surface area contributed by atoms with E-state index >= 15 is 0 Å². The maximum atomic E-state index is 11.4. The van der Waals surface area contributed by atoms with Gasteiger partial charge in [0.05, 0.1) is 6.10 Å². The minimum Gasteiger partial charge on any atom is -0.389 e. The van der Waals surface area contributed by atoms with Crippen LogP contribution in [0, 0.1) is 0 Å². The van der Waals surface area contributed by atoms with Crippen molar-refractivity contribution in [3.63, 3.8) is 0 Å². The summed E-state index contributed by atoms with van der Waals surface area (Å²) in [7, 11) is 0. The predicted molar refractivity (Wildman–Crippen MR) is 62.2 cm³/mol. The molecular formula is C12H17NO3. The number of benzene rings is 1. The number of hydrogen-bond acceptors (Lipinski definition) is 3. The second kappa shape index (κ2) is 6.25. The summed E-state index contributed by atoms with van der Waals surface area (Å²) in [5.41, 5.74) is 1.44. The number of carbonyl (C=O) groups is 1. The minimum absolute atomic E-state index is 0.0510. The van der Waals surface area contributed by atoms with Crippen LogP contribution in [0.1, 0.15) is 25.5 Å². The molecule has 0 radical (unpaired) electrons. The molecular weight excluding hydrogens is 206 g/mol. The summed E-state index contributed by atoms with van der Waals surface area (Å²) in [4.78, 5) is 11.4. The highest BCUT2D eigenvalue weighted by atomic mass is 16.5. The zero-order valence-corrected chi connectivity index (χ0v) is 9.56.